The van der Waals surface area contributed by atoms with Gasteiger partial charge in [-0.2, -0.15) is 0 Å². The Bertz CT molecular complexity index is 1230. The molecule has 3 heterocycles. The van der Waals surface area contributed by atoms with Crippen molar-refractivity contribution < 1.29 is 8.81 Å². The molecule has 0 bridgehead atoms. The molecule has 2 aromatic heterocycles. The average Bonchev–Trinajstić information content (AvgIpc) is 3.40. The summed E-state index contributed by atoms with van der Waals surface area (Å²) in [7, 11) is 0. The van der Waals surface area contributed by atoms with Gasteiger partial charge in [-0.05, 0) is 79.8 Å². The summed E-state index contributed by atoms with van der Waals surface area (Å²) in [5, 5.41) is 4.72. The monoisotopic (exact) mass is 461 g/mol. The molecule has 2 atom stereocenters. The van der Waals surface area contributed by atoms with Crippen LogP contribution in [0.5, 0.6) is 0 Å². The Balaban J connectivity index is 1.52. The van der Waals surface area contributed by atoms with Crippen LogP contribution in [0.15, 0.2) is 99.5 Å². The third-order valence-corrected chi connectivity index (χ3v) is 6.58. The maximum Gasteiger partial charge on any atom is 0.174 e. The lowest BCUT2D eigenvalue weighted by Gasteiger charge is -2.26. The molecule has 32 heavy (non-hydrogen) atoms. The van der Waals surface area contributed by atoms with E-state index < -0.39 is 0 Å². The van der Waals surface area contributed by atoms with E-state index in [1.54, 1.807) is 30.1 Å². The molecule has 0 aliphatic carbocycles. The number of nitrogens with one attached hydrogen (secondary N) is 1. The lowest BCUT2D eigenvalue weighted by atomic mass is 10.0. The maximum atomic E-state index is 13.6. The molecule has 7 heteroatoms. The number of hydrogen-bond acceptors (Lipinski definition) is 4. The lowest BCUT2D eigenvalue weighted by molar-refractivity contribution is 0.383. The molecule has 1 N–H and O–H groups in total. The summed E-state index contributed by atoms with van der Waals surface area (Å²) < 4.78 is 19.9. The van der Waals surface area contributed by atoms with E-state index in [0.717, 1.165) is 27.1 Å². The van der Waals surface area contributed by atoms with E-state index in [9.17, 15) is 4.39 Å². The lowest BCUT2D eigenvalue weighted by Crippen LogP contribution is -2.29. The Morgan fingerprint density at radius 2 is 1.78 bits per heavy atom. The number of rotatable bonds is 5. The predicted octanol–water partition coefficient (Wildman–Crippen LogP) is 6.45. The first-order valence-corrected chi connectivity index (χ1v) is 11.4. The highest BCUT2D eigenvalue weighted by Gasteiger charge is 2.42. The van der Waals surface area contributed by atoms with E-state index in [4.69, 9.17) is 16.6 Å². The average molecular weight is 462 g/mol. The molecular formula is C25H20FN3OS2. The number of nitrogens with zero attached hydrogens (tertiary/aromatic N) is 2. The number of aryl methyl sites for hydroxylation is 1. The van der Waals surface area contributed by atoms with Crippen molar-refractivity contribution in [3.8, 4) is 0 Å². The third kappa shape index (κ3) is 4.13. The molecule has 2 aromatic carbocycles. The first-order chi connectivity index (χ1) is 15.6. The highest BCUT2D eigenvalue weighted by Crippen LogP contribution is 2.43. The van der Waals surface area contributed by atoms with E-state index in [-0.39, 0.29) is 17.9 Å². The smallest absolute Gasteiger partial charge is 0.174 e. The SMILES string of the molecule is Cc1ccc(Sc2ccc([C@H]3[C@H](c4ccccn4)NC(=S)N3c3ccc(F)cc3)o2)cc1. The Hall–Kier alpha value is -3.16. The minimum Gasteiger partial charge on any atom is -0.452 e. The van der Waals surface area contributed by atoms with Crippen LogP contribution in [-0.4, -0.2) is 10.1 Å². The van der Waals surface area contributed by atoms with E-state index in [2.05, 4.69) is 41.5 Å². The van der Waals surface area contributed by atoms with Gasteiger partial charge in [-0.3, -0.25) is 4.98 Å². The Morgan fingerprint density at radius 3 is 2.50 bits per heavy atom. The van der Waals surface area contributed by atoms with Crippen LogP contribution >= 0.6 is 24.0 Å². The number of hydrogen-bond donors (Lipinski definition) is 1. The molecule has 0 saturated carbocycles. The molecule has 4 aromatic rings. The van der Waals surface area contributed by atoms with Crippen LogP contribution in [0, 0.1) is 12.7 Å². The minimum atomic E-state index is -0.292. The van der Waals surface area contributed by atoms with Gasteiger partial charge in [-0.25, -0.2) is 4.39 Å². The van der Waals surface area contributed by atoms with Crippen LogP contribution in [-0.2, 0) is 0 Å². The van der Waals surface area contributed by atoms with Crippen molar-refractivity contribution in [1.29, 1.82) is 0 Å². The Kier molecular flexibility index (Phi) is 5.68. The van der Waals surface area contributed by atoms with Crippen LogP contribution in [0.25, 0.3) is 0 Å². The van der Waals surface area contributed by atoms with E-state index in [1.165, 1.54) is 17.7 Å². The van der Waals surface area contributed by atoms with Gasteiger partial charge in [0.15, 0.2) is 10.2 Å². The summed E-state index contributed by atoms with van der Waals surface area (Å²) in [6.07, 6.45) is 1.76. The molecule has 160 valence electrons. The number of halogens is 1. The molecule has 1 aliphatic heterocycles. The van der Waals surface area contributed by atoms with Crippen LogP contribution in [0.4, 0.5) is 10.1 Å². The van der Waals surface area contributed by atoms with Crippen molar-refractivity contribution in [2.75, 3.05) is 4.90 Å². The normalized spacial score (nSPS) is 18.1. The molecule has 4 nitrogen and oxygen atoms in total. The highest BCUT2D eigenvalue weighted by atomic mass is 32.2. The number of pyridine rings is 1. The van der Waals surface area contributed by atoms with Gasteiger partial charge in [0.1, 0.15) is 17.6 Å². The Morgan fingerprint density at radius 1 is 1.00 bits per heavy atom. The van der Waals surface area contributed by atoms with Gasteiger partial charge in [-0.1, -0.05) is 35.5 Å². The number of benzene rings is 2. The number of aromatic nitrogens is 1. The highest BCUT2D eigenvalue weighted by molar-refractivity contribution is 7.99. The number of thiocarbonyl (C=S) groups is 1. The predicted molar refractivity (Wildman–Crippen MR) is 128 cm³/mol. The summed E-state index contributed by atoms with van der Waals surface area (Å²) in [6.45, 7) is 2.07. The van der Waals surface area contributed by atoms with Crippen LogP contribution in [0.1, 0.15) is 29.1 Å². The zero-order valence-corrected chi connectivity index (χ0v) is 18.9. The molecule has 0 unspecified atom stereocenters. The van der Waals surface area contributed by atoms with Gasteiger partial charge in [0.2, 0.25) is 0 Å². The fourth-order valence-corrected chi connectivity index (χ4v) is 4.92. The van der Waals surface area contributed by atoms with Crippen LogP contribution in [0.2, 0.25) is 0 Å². The summed E-state index contributed by atoms with van der Waals surface area (Å²) in [4.78, 5) is 7.61. The van der Waals surface area contributed by atoms with Crippen LogP contribution < -0.4 is 10.2 Å². The second-order valence-corrected chi connectivity index (χ2v) is 9.01. The van der Waals surface area contributed by atoms with Gasteiger partial charge in [-0.15, -0.1) is 0 Å². The fraction of sp³-hybridized carbons (Fsp3) is 0.120. The van der Waals surface area contributed by atoms with Crippen molar-refractivity contribution in [3.05, 3.63) is 108 Å². The van der Waals surface area contributed by atoms with Crippen molar-refractivity contribution in [3.63, 3.8) is 0 Å². The minimum absolute atomic E-state index is 0.211. The van der Waals surface area contributed by atoms with Crippen molar-refractivity contribution in [2.45, 2.75) is 29.0 Å². The summed E-state index contributed by atoms with van der Waals surface area (Å²) in [5.74, 6) is 0.464. The Labute approximate surface area is 195 Å². The summed E-state index contributed by atoms with van der Waals surface area (Å²) in [6, 6.07) is 23.9. The van der Waals surface area contributed by atoms with Gasteiger partial charge in [0, 0.05) is 16.8 Å². The van der Waals surface area contributed by atoms with Gasteiger partial charge < -0.3 is 14.6 Å². The maximum absolute atomic E-state index is 13.6. The van der Waals surface area contributed by atoms with Crippen molar-refractivity contribution >= 4 is 34.8 Å². The molecule has 1 fully saturated rings. The molecular weight excluding hydrogens is 441 g/mol. The summed E-state index contributed by atoms with van der Waals surface area (Å²) >= 11 is 7.25. The molecule has 0 radical (unpaired) electrons. The molecule has 5 rings (SSSR count). The summed E-state index contributed by atoms with van der Waals surface area (Å²) in [5.41, 5.74) is 2.86. The van der Waals surface area contributed by atoms with E-state index >= 15 is 0 Å². The fourth-order valence-electron chi connectivity index (χ4n) is 3.79. The van der Waals surface area contributed by atoms with E-state index in [0.29, 0.717) is 5.11 Å². The van der Waals surface area contributed by atoms with Crippen molar-refractivity contribution in [2.24, 2.45) is 0 Å². The first kappa shape index (κ1) is 20.7. The quantitative estimate of drug-likeness (QED) is 0.345. The topological polar surface area (TPSA) is 41.3 Å². The standard InChI is InChI=1S/C25H20FN3OS2/c1-16-5-11-19(12-6-16)32-22-14-13-21(30-22)24-23(20-4-2-3-15-27-20)28-25(31)29(24)18-9-7-17(26)8-10-18/h2-15,23-24H,1H3,(H,28,31)/t23-,24-/m0/s1. The second-order valence-electron chi connectivity index (χ2n) is 7.54. The number of anilines is 1. The second kappa shape index (κ2) is 8.76. The van der Waals surface area contributed by atoms with Crippen LogP contribution in [0.3, 0.4) is 0 Å². The van der Waals surface area contributed by atoms with Gasteiger partial charge in [0.05, 0.1) is 11.7 Å². The molecule has 1 aliphatic rings. The largest absolute Gasteiger partial charge is 0.452 e. The zero-order chi connectivity index (χ0) is 22.1. The molecule has 1 saturated heterocycles. The number of furan rings is 1. The third-order valence-electron chi connectivity index (χ3n) is 5.34. The van der Waals surface area contributed by atoms with Crippen molar-refractivity contribution in [1.82, 2.24) is 10.3 Å². The molecule has 0 spiro atoms. The van der Waals surface area contributed by atoms with Gasteiger partial charge in [0.25, 0.3) is 0 Å². The van der Waals surface area contributed by atoms with Gasteiger partial charge >= 0.3 is 0 Å². The molecule has 0 amide bonds. The first-order valence-electron chi connectivity index (χ1n) is 10.2. The van der Waals surface area contributed by atoms with E-state index in [1.807, 2.05) is 35.2 Å². The zero-order valence-electron chi connectivity index (χ0n) is 17.2.